The first-order valence-electron chi connectivity index (χ1n) is 19.9. The van der Waals surface area contributed by atoms with Crippen LogP contribution in [0.25, 0.3) is 0 Å². The number of anilines is 1. The van der Waals surface area contributed by atoms with E-state index in [9.17, 15) is 13.2 Å². The van der Waals surface area contributed by atoms with Crippen LogP contribution in [0.3, 0.4) is 0 Å². The van der Waals surface area contributed by atoms with Gasteiger partial charge in [0, 0.05) is 75.3 Å². The van der Waals surface area contributed by atoms with E-state index in [1.165, 1.54) is 11.1 Å². The van der Waals surface area contributed by atoms with Crippen molar-refractivity contribution in [3.63, 3.8) is 0 Å². The molecule has 4 bridgehead atoms. The van der Waals surface area contributed by atoms with Crippen molar-refractivity contribution in [2.45, 2.75) is 74.7 Å². The van der Waals surface area contributed by atoms with Gasteiger partial charge in [-0.15, -0.1) is 0 Å². The maximum Gasteiger partial charge on any atom is 0.283 e. The van der Waals surface area contributed by atoms with Crippen LogP contribution in [-0.2, 0) is 31.3 Å². The second-order valence-corrected chi connectivity index (χ2v) is 20.0. The second-order valence-electron chi connectivity index (χ2n) is 17.6. The second kappa shape index (κ2) is 13.7. The number of carbonyl (C=O) groups is 1. The maximum absolute atomic E-state index is 13.7. The lowest BCUT2D eigenvalue weighted by Crippen LogP contribution is -2.75. The van der Waals surface area contributed by atoms with Crippen LogP contribution < -0.4 is 14.4 Å². The number of methoxy groups -OCH3 is 1. The standard InChI is InChI=1S/C41H54ClN5O6S/c1-27-6-4-13-41(51-3,25-45-14-15-46-16-17-52-22-32(46)21-45)36-30-19-40(36,20-30)24-47-23-39(12-5-7-29-18-31(42)8-9-33(29)39)26-53-35-11-10-34(43-37(35)47)38(48)44-54(49,50)28(27)2/h4,8-11,13,18,27-28,30,32,36H,5-7,12,14-17,19-26H2,1-3H3,(H,44,48)/b13-4+/t27-,28?,30?,32-,36+,39-,40?,41+/m0/s1. The number of hydrogen-bond donors (Lipinski definition) is 1. The fourth-order valence-corrected chi connectivity index (χ4v) is 12.8. The predicted molar refractivity (Wildman–Crippen MR) is 208 cm³/mol. The number of halogens is 1. The molecular formula is C41H54ClN5O6S. The molecule has 5 heterocycles. The fraction of sp³-hybridized carbons (Fsp3) is 0.659. The van der Waals surface area contributed by atoms with Gasteiger partial charge in [0.2, 0.25) is 10.0 Å². The molecule has 1 aromatic carbocycles. The Morgan fingerprint density at radius 2 is 1.96 bits per heavy atom. The number of piperazine rings is 1. The Hall–Kier alpha value is -2.74. The molecular weight excluding hydrogens is 726 g/mol. The molecule has 4 aliphatic carbocycles. The molecule has 11 nitrogen and oxygen atoms in total. The Morgan fingerprint density at radius 3 is 2.76 bits per heavy atom. The lowest BCUT2D eigenvalue weighted by atomic mass is 9.34. The molecule has 2 aromatic rings. The summed E-state index contributed by atoms with van der Waals surface area (Å²) in [7, 11) is -2.14. The van der Waals surface area contributed by atoms with Gasteiger partial charge >= 0.3 is 0 Å². The van der Waals surface area contributed by atoms with Gasteiger partial charge in [0.05, 0.1) is 25.1 Å². The molecule has 10 rings (SSSR count). The summed E-state index contributed by atoms with van der Waals surface area (Å²) in [6, 6.07) is 10.0. The summed E-state index contributed by atoms with van der Waals surface area (Å²) in [5.74, 6) is 1.05. The summed E-state index contributed by atoms with van der Waals surface area (Å²) in [4.78, 5) is 26.1. The number of fused-ring (bicyclic) bond motifs is 4. The number of sulfonamides is 1. The lowest BCUT2D eigenvalue weighted by Gasteiger charge is -2.74. The predicted octanol–water partition coefficient (Wildman–Crippen LogP) is 4.68. The summed E-state index contributed by atoms with van der Waals surface area (Å²) in [5, 5.41) is -0.0677. The Kier molecular flexibility index (Phi) is 9.37. The Labute approximate surface area is 324 Å². The van der Waals surface area contributed by atoms with Gasteiger partial charge in [-0.25, -0.2) is 18.1 Å². The van der Waals surface area contributed by atoms with Crippen molar-refractivity contribution in [1.82, 2.24) is 19.5 Å². The molecule has 6 atom stereocenters. The zero-order valence-electron chi connectivity index (χ0n) is 31.8. The first-order chi connectivity index (χ1) is 25.9. The maximum atomic E-state index is 13.7. The van der Waals surface area contributed by atoms with E-state index in [1.807, 2.05) is 20.1 Å². The zero-order valence-corrected chi connectivity index (χ0v) is 33.3. The van der Waals surface area contributed by atoms with Crippen LogP contribution in [0.15, 0.2) is 42.5 Å². The number of benzene rings is 1. The highest BCUT2D eigenvalue weighted by Crippen LogP contribution is 2.73. The Bertz CT molecular complexity index is 1940. The smallest absolute Gasteiger partial charge is 0.283 e. The number of nitrogens with zero attached hydrogens (tertiary/aromatic N) is 4. The van der Waals surface area contributed by atoms with Gasteiger partial charge in [-0.05, 0) is 98.1 Å². The number of ether oxygens (including phenoxy) is 3. The van der Waals surface area contributed by atoms with Crippen LogP contribution in [0.4, 0.5) is 5.82 Å². The number of morpholine rings is 1. The van der Waals surface area contributed by atoms with E-state index in [1.54, 1.807) is 19.1 Å². The van der Waals surface area contributed by atoms with E-state index < -0.39 is 26.8 Å². The van der Waals surface area contributed by atoms with E-state index in [0.717, 1.165) is 89.6 Å². The molecule has 1 aromatic heterocycles. The molecule has 2 spiro atoms. The normalized spacial score (nSPS) is 38.3. The molecule has 2 saturated heterocycles. The third kappa shape index (κ3) is 6.18. The minimum atomic E-state index is -4.00. The van der Waals surface area contributed by atoms with Gasteiger partial charge in [0.1, 0.15) is 11.3 Å². The third-order valence-electron chi connectivity index (χ3n) is 14.4. The highest BCUT2D eigenvalue weighted by Gasteiger charge is 2.71. The van der Waals surface area contributed by atoms with Crippen LogP contribution in [0.1, 0.15) is 67.6 Å². The monoisotopic (exact) mass is 779 g/mol. The topological polar surface area (TPSA) is 114 Å². The summed E-state index contributed by atoms with van der Waals surface area (Å²) >= 11 is 6.52. The van der Waals surface area contributed by atoms with E-state index in [0.29, 0.717) is 43.1 Å². The molecule has 13 heteroatoms. The van der Waals surface area contributed by atoms with Gasteiger partial charge in [0.15, 0.2) is 11.6 Å². The number of rotatable bonds is 3. The summed E-state index contributed by atoms with van der Waals surface area (Å²) < 4.78 is 49.0. The van der Waals surface area contributed by atoms with E-state index in [-0.39, 0.29) is 28.4 Å². The van der Waals surface area contributed by atoms with Gasteiger partial charge in [-0.3, -0.25) is 14.6 Å². The lowest BCUT2D eigenvalue weighted by molar-refractivity contribution is -0.261. The largest absolute Gasteiger partial charge is 0.489 e. The number of pyridine rings is 1. The number of aromatic nitrogens is 1. The van der Waals surface area contributed by atoms with Crippen LogP contribution >= 0.6 is 11.6 Å². The highest BCUT2D eigenvalue weighted by atomic mass is 35.5. The fourth-order valence-electron chi connectivity index (χ4n) is 11.3. The van der Waals surface area contributed by atoms with Crippen molar-refractivity contribution < 1.29 is 27.4 Å². The van der Waals surface area contributed by atoms with E-state index in [4.69, 9.17) is 30.8 Å². The summed E-state index contributed by atoms with van der Waals surface area (Å²) in [5.41, 5.74) is 1.69. The quantitative estimate of drug-likeness (QED) is 0.441. The van der Waals surface area contributed by atoms with Gasteiger partial charge in [-0.2, -0.15) is 0 Å². The minimum absolute atomic E-state index is 0.0274. The van der Waals surface area contributed by atoms with Crippen LogP contribution in [0.5, 0.6) is 5.75 Å². The first kappa shape index (κ1) is 36.9. The average Bonchev–Trinajstić information content (AvgIpc) is 3.28. The van der Waals surface area contributed by atoms with E-state index >= 15 is 0 Å². The molecule has 1 N–H and O–H groups in total. The molecule has 5 fully saturated rings. The molecule has 3 saturated carbocycles. The Balaban J connectivity index is 1.13. The minimum Gasteiger partial charge on any atom is -0.489 e. The molecule has 54 heavy (non-hydrogen) atoms. The van der Waals surface area contributed by atoms with Crippen molar-refractivity contribution in [3.8, 4) is 5.75 Å². The zero-order chi connectivity index (χ0) is 37.5. The van der Waals surface area contributed by atoms with Crippen LogP contribution in [0, 0.1) is 23.2 Å². The van der Waals surface area contributed by atoms with Crippen molar-refractivity contribution in [2.75, 3.05) is 77.6 Å². The molecule has 1 amide bonds. The average molecular weight is 780 g/mol. The van der Waals surface area contributed by atoms with Crippen molar-refractivity contribution in [3.05, 3.63) is 64.3 Å². The van der Waals surface area contributed by atoms with Crippen molar-refractivity contribution in [1.29, 1.82) is 0 Å². The Morgan fingerprint density at radius 1 is 1.11 bits per heavy atom. The molecule has 0 radical (unpaired) electrons. The SMILES string of the molecule is CO[C@@]1(CN2CCN3CCOC[C@@H]3C2)/C=C/C[C@H](C)C(C)S(=O)(=O)NC(=O)c2ccc3c(n2)N(CC24CC(C2)[C@H]41)C[C@@]1(CCCc2cc(Cl)ccc21)CO3. The van der Waals surface area contributed by atoms with E-state index in [2.05, 4.69) is 43.7 Å². The third-order valence-corrected chi connectivity index (χ3v) is 16.6. The molecule has 8 aliphatic rings. The molecule has 4 aliphatic heterocycles. The molecule has 1 unspecified atom stereocenters. The first-order valence-corrected chi connectivity index (χ1v) is 21.9. The number of allylic oxidation sites excluding steroid dienone is 1. The van der Waals surface area contributed by atoms with Crippen LogP contribution in [-0.4, -0.2) is 119 Å². The summed E-state index contributed by atoms with van der Waals surface area (Å²) in [6.45, 7) is 11.7. The number of amides is 1. The highest BCUT2D eigenvalue weighted by molar-refractivity contribution is 7.90. The van der Waals surface area contributed by atoms with Crippen molar-refractivity contribution >= 4 is 33.3 Å². The van der Waals surface area contributed by atoms with Gasteiger partial charge in [0.25, 0.3) is 5.91 Å². The number of carbonyl (C=O) groups excluding carboxylic acids is 1. The number of aryl methyl sites for hydroxylation is 1. The van der Waals surface area contributed by atoms with Crippen molar-refractivity contribution in [2.24, 2.45) is 23.2 Å². The van der Waals surface area contributed by atoms with Gasteiger partial charge < -0.3 is 19.1 Å². The number of nitrogens with one attached hydrogen (secondary N) is 1. The molecule has 292 valence electrons. The van der Waals surface area contributed by atoms with Crippen LogP contribution in [0.2, 0.25) is 5.02 Å². The summed E-state index contributed by atoms with van der Waals surface area (Å²) in [6.07, 6.45) is 10.1. The van der Waals surface area contributed by atoms with Gasteiger partial charge in [-0.1, -0.05) is 36.7 Å². The number of hydrogen-bond acceptors (Lipinski definition) is 10.